The minimum Gasteiger partial charge on any atom is -0.450 e. The van der Waals surface area contributed by atoms with Crippen molar-refractivity contribution in [3.63, 3.8) is 0 Å². The van der Waals surface area contributed by atoms with Crippen LogP contribution in [0, 0.1) is 0 Å². The monoisotopic (exact) mass is 419 g/mol. The maximum Gasteiger partial charge on any atom is 0.491 e. The summed E-state index contributed by atoms with van der Waals surface area (Å²) in [4.78, 5) is 11.7. The van der Waals surface area contributed by atoms with E-state index in [2.05, 4.69) is 10.0 Å². The number of amides is 1. The van der Waals surface area contributed by atoms with Crippen LogP contribution in [0.25, 0.3) is 0 Å². The highest BCUT2D eigenvalue weighted by molar-refractivity contribution is 7.92. The van der Waals surface area contributed by atoms with Gasteiger partial charge in [-0.1, -0.05) is 13.0 Å². The van der Waals surface area contributed by atoms with Crippen molar-refractivity contribution in [3.8, 4) is 0 Å². The van der Waals surface area contributed by atoms with E-state index in [0.717, 1.165) is 5.56 Å². The lowest BCUT2D eigenvalue weighted by Crippen LogP contribution is -2.29. The number of alkyl carbamates (subject to hydrolysis) is 1. The molecule has 1 aliphatic rings. The Kier molecular flexibility index (Phi) is 6.31. The first-order chi connectivity index (χ1) is 13.8. The number of nitrogens with one attached hydrogen (secondary N) is 2. The van der Waals surface area contributed by atoms with E-state index in [-0.39, 0.29) is 30.3 Å². The summed E-state index contributed by atoms with van der Waals surface area (Å²) in [6, 6.07) is 9.13. The second kappa shape index (κ2) is 8.72. The lowest BCUT2D eigenvalue weighted by Gasteiger charge is -2.14. The Morgan fingerprint density at radius 3 is 2.86 bits per heavy atom. The Labute approximate surface area is 169 Å². The topological polar surface area (TPSA) is 140 Å². The molecule has 2 aromatic rings. The lowest BCUT2D eigenvalue weighted by molar-refractivity contribution is 0.145. The molecule has 0 spiro atoms. The summed E-state index contributed by atoms with van der Waals surface area (Å²) in [5, 5.41) is 12.3. The molecule has 11 heteroatoms. The first-order valence-corrected chi connectivity index (χ1v) is 10.5. The van der Waals surface area contributed by atoms with Crippen molar-refractivity contribution < 1.29 is 27.6 Å². The molecule has 3 rings (SSSR count). The number of hydrogen-bond donors (Lipinski definition) is 4. The number of benzene rings is 2. The number of hydrogen-bond acceptors (Lipinski definition) is 7. The smallest absolute Gasteiger partial charge is 0.450 e. The van der Waals surface area contributed by atoms with Crippen molar-refractivity contribution in [1.29, 1.82) is 0 Å². The molecule has 0 radical (unpaired) electrons. The predicted octanol–water partition coefficient (Wildman–Crippen LogP) is 0.924. The van der Waals surface area contributed by atoms with Crippen molar-refractivity contribution in [2.45, 2.75) is 31.4 Å². The zero-order valence-corrected chi connectivity index (χ0v) is 16.7. The van der Waals surface area contributed by atoms with Crippen LogP contribution in [0.4, 0.5) is 16.2 Å². The molecule has 1 amide bonds. The molecule has 0 bridgehead atoms. The minimum atomic E-state index is -3.98. The van der Waals surface area contributed by atoms with Crippen LogP contribution in [0.5, 0.6) is 0 Å². The highest BCUT2D eigenvalue weighted by Crippen LogP contribution is 2.23. The molecule has 29 heavy (non-hydrogen) atoms. The van der Waals surface area contributed by atoms with E-state index in [1.54, 1.807) is 12.1 Å². The number of rotatable bonds is 7. The van der Waals surface area contributed by atoms with E-state index in [1.165, 1.54) is 24.3 Å². The molecule has 0 saturated heterocycles. The third kappa shape index (κ3) is 5.00. The van der Waals surface area contributed by atoms with E-state index < -0.39 is 23.2 Å². The van der Waals surface area contributed by atoms with E-state index >= 15 is 0 Å². The van der Waals surface area contributed by atoms with E-state index in [4.69, 9.17) is 15.1 Å². The van der Waals surface area contributed by atoms with Crippen LogP contribution in [0.15, 0.2) is 41.3 Å². The van der Waals surface area contributed by atoms with Crippen molar-refractivity contribution in [3.05, 3.63) is 47.5 Å². The fourth-order valence-corrected chi connectivity index (χ4v) is 4.17. The fourth-order valence-electron chi connectivity index (χ4n) is 2.90. The molecule has 0 unspecified atom stereocenters. The minimum absolute atomic E-state index is 0.0280. The number of nitrogens with two attached hydrogens (primary N) is 1. The molecular weight excluding hydrogens is 397 g/mol. The number of sulfonamides is 1. The van der Waals surface area contributed by atoms with Gasteiger partial charge in [0, 0.05) is 17.9 Å². The summed E-state index contributed by atoms with van der Waals surface area (Å²) < 4.78 is 38.4. The standard InChI is InChI=1S/C18H22BN3O6S/c1-2-7-27-18(23)21-10-13-8-14(20)4-6-17(13)29(25,26)22-15-5-3-12-11-28-19(24)16(12)9-15/h3-6,8-9,22,24H,2,7,10-11,20H2,1H3,(H,21,23). The summed E-state index contributed by atoms with van der Waals surface area (Å²) in [6.07, 6.45) is 0.0358. The van der Waals surface area contributed by atoms with Gasteiger partial charge in [0.15, 0.2) is 0 Å². The Hall–Kier alpha value is -2.76. The van der Waals surface area contributed by atoms with Gasteiger partial charge in [-0.15, -0.1) is 0 Å². The van der Waals surface area contributed by atoms with Crippen molar-refractivity contribution in [1.82, 2.24) is 5.32 Å². The van der Waals surface area contributed by atoms with Crippen LogP contribution in [0.3, 0.4) is 0 Å². The predicted molar refractivity (Wildman–Crippen MR) is 109 cm³/mol. The van der Waals surface area contributed by atoms with Gasteiger partial charge in [-0.05, 0) is 53.3 Å². The van der Waals surface area contributed by atoms with Gasteiger partial charge in [0.05, 0.1) is 18.1 Å². The van der Waals surface area contributed by atoms with Crippen LogP contribution in [-0.2, 0) is 32.6 Å². The molecule has 0 aromatic heterocycles. The van der Waals surface area contributed by atoms with Gasteiger partial charge in [-0.3, -0.25) is 4.72 Å². The molecule has 0 saturated carbocycles. The normalized spacial score (nSPS) is 13.1. The lowest BCUT2D eigenvalue weighted by atomic mass is 9.79. The maximum atomic E-state index is 12.9. The second-order valence-corrected chi connectivity index (χ2v) is 8.19. The average Bonchev–Trinajstić information content (AvgIpc) is 3.04. The largest absolute Gasteiger partial charge is 0.491 e. The Balaban J connectivity index is 1.81. The third-order valence-electron chi connectivity index (χ3n) is 4.30. The van der Waals surface area contributed by atoms with Crippen molar-refractivity contribution >= 4 is 40.1 Å². The molecule has 154 valence electrons. The number of fused-ring (bicyclic) bond motifs is 1. The van der Waals surface area contributed by atoms with Gasteiger partial charge in [0.1, 0.15) is 0 Å². The number of anilines is 2. The number of nitrogen functional groups attached to an aromatic ring is 1. The third-order valence-corrected chi connectivity index (χ3v) is 5.78. The molecule has 9 nitrogen and oxygen atoms in total. The molecule has 1 heterocycles. The molecule has 2 aromatic carbocycles. The van der Waals surface area contributed by atoms with Crippen LogP contribution in [0.2, 0.25) is 0 Å². The fraction of sp³-hybridized carbons (Fsp3) is 0.278. The zero-order valence-electron chi connectivity index (χ0n) is 15.8. The van der Waals surface area contributed by atoms with E-state index in [9.17, 15) is 18.2 Å². The number of ether oxygens (including phenoxy) is 1. The first kappa shape index (κ1) is 21.0. The van der Waals surface area contributed by atoms with Crippen molar-refractivity contribution in [2.24, 2.45) is 0 Å². The molecule has 0 atom stereocenters. The molecular formula is C18H22BN3O6S. The maximum absolute atomic E-state index is 12.9. The zero-order chi connectivity index (χ0) is 21.0. The molecule has 0 aliphatic carbocycles. The van der Waals surface area contributed by atoms with Gasteiger partial charge in [0.2, 0.25) is 0 Å². The van der Waals surface area contributed by atoms with Crippen LogP contribution < -0.4 is 21.2 Å². The SMILES string of the molecule is CCCOC(=O)NCc1cc(N)ccc1S(=O)(=O)Nc1ccc2c(c1)B(O)OC2. The Bertz CT molecular complexity index is 1010. The van der Waals surface area contributed by atoms with Gasteiger partial charge in [-0.25, -0.2) is 13.2 Å². The molecule has 1 aliphatic heterocycles. The van der Waals surface area contributed by atoms with Gasteiger partial charge in [0.25, 0.3) is 10.0 Å². The van der Waals surface area contributed by atoms with E-state index in [1.807, 2.05) is 6.92 Å². The summed E-state index contributed by atoms with van der Waals surface area (Å²) in [5.41, 5.74) is 8.06. The number of carbonyl (C=O) groups excluding carboxylic acids is 1. The quantitative estimate of drug-likeness (QED) is 0.387. The highest BCUT2D eigenvalue weighted by atomic mass is 32.2. The molecule has 5 N–H and O–H groups in total. The summed E-state index contributed by atoms with van der Waals surface area (Å²) in [6.45, 7) is 2.33. The van der Waals surface area contributed by atoms with Crippen molar-refractivity contribution in [2.75, 3.05) is 17.1 Å². The molecule has 0 fully saturated rings. The van der Waals surface area contributed by atoms with E-state index in [0.29, 0.717) is 23.1 Å². The Morgan fingerprint density at radius 1 is 1.31 bits per heavy atom. The van der Waals surface area contributed by atoms with Gasteiger partial charge in [-0.2, -0.15) is 0 Å². The summed E-state index contributed by atoms with van der Waals surface area (Å²) in [7, 11) is -5.06. The highest BCUT2D eigenvalue weighted by Gasteiger charge is 2.28. The Morgan fingerprint density at radius 2 is 2.10 bits per heavy atom. The van der Waals surface area contributed by atoms with Gasteiger partial charge < -0.3 is 25.5 Å². The summed E-state index contributed by atoms with van der Waals surface area (Å²) >= 11 is 0. The van der Waals surface area contributed by atoms with Gasteiger partial charge >= 0.3 is 13.2 Å². The second-order valence-electron chi connectivity index (χ2n) is 6.54. The number of carbonyl (C=O) groups is 1. The first-order valence-electron chi connectivity index (χ1n) is 9.04. The van der Waals surface area contributed by atoms with Crippen LogP contribution >= 0.6 is 0 Å². The van der Waals surface area contributed by atoms with Crippen LogP contribution in [-0.4, -0.2) is 33.3 Å². The summed E-state index contributed by atoms with van der Waals surface area (Å²) in [5.74, 6) is 0. The average molecular weight is 419 g/mol. The van der Waals surface area contributed by atoms with Crippen LogP contribution in [0.1, 0.15) is 24.5 Å².